The van der Waals surface area contributed by atoms with Crippen LogP contribution in [0.2, 0.25) is 0 Å². The van der Waals surface area contributed by atoms with Crippen molar-refractivity contribution >= 4 is 12.2 Å². The van der Waals surface area contributed by atoms with Crippen molar-refractivity contribution in [3.8, 4) is 29.1 Å². The zero-order chi connectivity index (χ0) is 23.3. The third-order valence-corrected chi connectivity index (χ3v) is 5.13. The summed E-state index contributed by atoms with van der Waals surface area (Å²) in [7, 11) is 0. The SMILES string of the molecule is Cc1ccc(-c2ncc3c(n2)=CCCC=3)nc1C#CCCCOc1cccc(C(F)(F)F)c1. The van der Waals surface area contributed by atoms with Gasteiger partial charge >= 0.3 is 6.18 Å². The highest BCUT2D eigenvalue weighted by atomic mass is 19.4. The van der Waals surface area contributed by atoms with Crippen LogP contribution in [0.4, 0.5) is 13.2 Å². The molecule has 7 heteroatoms. The maximum Gasteiger partial charge on any atom is 0.416 e. The summed E-state index contributed by atoms with van der Waals surface area (Å²) in [6.07, 6.45) is 4.77. The van der Waals surface area contributed by atoms with Crippen molar-refractivity contribution in [3.63, 3.8) is 0 Å². The summed E-state index contributed by atoms with van der Waals surface area (Å²) in [5.74, 6) is 6.91. The summed E-state index contributed by atoms with van der Waals surface area (Å²) in [4.78, 5) is 13.7. The van der Waals surface area contributed by atoms with Gasteiger partial charge in [-0.2, -0.15) is 13.2 Å². The van der Waals surface area contributed by atoms with Crippen LogP contribution < -0.4 is 15.3 Å². The van der Waals surface area contributed by atoms with Gasteiger partial charge in [0.15, 0.2) is 5.82 Å². The number of hydrogen-bond acceptors (Lipinski definition) is 4. The second kappa shape index (κ2) is 9.86. The standard InChI is InChI=1S/C26H22F3N3O/c1-18-13-14-24(25-30-17-19-8-4-5-12-23(19)32-25)31-22(18)11-3-2-6-15-33-21-10-7-9-20(16-21)26(27,28)29/h7-10,12-14,16-17H,2,4-6,15H2,1H3. The Balaban J connectivity index is 1.37. The first-order chi connectivity index (χ1) is 15.9. The summed E-state index contributed by atoms with van der Waals surface area (Å²) in [6.45, 7) is 2.22. The van der Waals surface area contributed by atoms with Crippen molar-refractivity contribution in [3.05, 3.63) is 70.0 Å². The molecule has 0 saturated heterocycles. The lowest BCUT2D eigenvalue weighted by atomic mass is 10.1. The van der Waals surface area contributed by atoms with Crippen molar-refractivity contribution in [2.45, 2.75) is 38.8 Å². The van der Waals surface area contributed by atoms with Crippen LogP contribution >= 0.6 is 0 Å². The number of nitrogens with zero attached hydrogens (tertiary/aromatic N) is 3. The molecule has 4 rings (SSSR count). The van der Waals surface area contributed by atoms with Gasteiger partial charge in [-0.3, -0.25) is 0 Å². The number of halogens is 3. The first kappa shape index (κ1) is 22.5. The van der Waals surface area contributed by atoms with Crippen molar-refractivity contribution < 1.29 is 17.9 Å². The van der Waals surface area contributed by atoms with E-state index in [4.69, 9.17) is 4.74 Å². The molecule has 2 aromatic heterocycles. The lowest BCUT2D eigenvalue weighted by Crippen LogP contribution is -2.31. The fourth-order valence-corrected chi connectivity index (χ4v) is 3.35. The lowest BCUT2D eigenvalue weighted by molar-refractivity contribution is -0.137. The molecule has 4 nitrogen and oxygen atoms in total. The Kier molecular flexibility index (Phi) is 6.74. The third kappa shape index (κ3) is 5.78. The molecule has 2 heterocycles. The quantitative estimate of drug-likeness (QED) is 0.427. The van der Waals surface area contributed by atoms with Gasteiger partial charge in [-0.25, -0.2) is 15.0 Å². The van der Waals surface area contributed by atoms with E-state index >= 15 is 0 Å². The Labute approximate surface area is 189 Å². The van der Waals surface area contributed by atoms with E-state index in [9.17, 15) is 13.2 Å². The number of rotatable bonds is 5. The number of aryl methyl sites for hydroxylation is 1. The summed E-state index contributed by atoms with van der Waals surface area (Å²) in [6, 6.07) is 8.70. The number of ether oxygens (including phenoxy) is 1. The Bertz CT molecular complexity index is 1340. The third-order valence-electron chi connectivity index (χ3n) is 5.13. The van der Waals surface area contributed by atoms with Crippen LogP contribution in [-0.4, -0.2) is 21.6 Å². The molecule has 33 heavy (non-hydrogen) atoms. The Morgan fingerprint density at radius 3 is 2.76 bits per heavy atom. The van der Waals surface area contributed by atoms with Crippen LogP contribution in [0.15, 0.2) is 42.6 Å². The molecule has 1 aliphatic carbocycles. The van der Waals surface area contributed by atoms with E-state index in [0.717, 1.165) is 41.1 Å². The highest BCUT2D eigenvalue weighted by Crippen LogP contribution is 2.31. The average molecular weight is 449 g/mol. The molecule has 0 bridgehead atoms. The fraction of sp³-hybridized carbons (Fsp3) is 0.269. The van der Waals surface area contributed by atoms with Crippen molar-refractivity contribution in [1.82, 2.24) is 15.0 Å². The van der Waals surface area contributed by atoms with Gasteiger partial charge in [0.05, 0.1) is 17.5 Å². The van der Waals surface area contributed by atoms with Gasteiger partial charge in [0.25, 0.3) is 0 Å². The van der Waals surface area contributed by atoms with E-state index in [0.29, 0.717) is 30.1 Å². The second-order valence-corrected chi connectivity index (χ2v) is 7.66. The second-order valence-electron chi connectivity index (χ2n) is 7.66. The molecule has 0 atom stereocenters. The van der Waals surface area contributed by atoms with E-state index < -0.39 is 11.7 Å². The molecule has 0 amide bonds. The van der Waals surface area contributed by atoms with Crippen LogP contribution in [0.1, 0.15) is 42.5 Å². The minimum Gasteiger partial charge on any atom is -0.494 e. The van der Waals surface area contributed by atoms with Crippen LogP contribution in [0, 0.1) is 18.8 Å². The maximum atomic E-state index is 12.8. The number of unbranched alkanes of at least 4 members (excludes halogenated alkanes) is 1. The molecule has 0 unspecified atom stereocenters. The summed E-state index contributed by atoms with van der Waals surface area (Å²) < 4.78 is 43.7. The summed E-state index contributed by atoms with van der Waals surface area (Å²) >= 11 is 0. The van der Waals surface area contributed by atoms with Gasteiger partial charge in [-0.1, -0.05) is 30.2 Å². The first-order valence-electron chi connectivity index (χ1n) is 10.7. The van der Waals surface area contributed by atoms with Crippen molar-refractivity contribution in [2.24, 2.45) is 0 Å². The first-order valence-corrected chi connectivity index (χ1v) is 10.7. The zero-order valence-corrected chi connectivity index (χ0v) is 18.1. The van der Waals surface area contributed by atoms with Gasteiger partial charge < -0.3 is 4.74 Å². The number of hydrogen-bond donors (Lipinski definition) is 0. The van der Waals surface area contributed by atoms with Crippen molar-refractivity contribution in [1.29, 1.82) is 0 Å². The van der Waals surface area contributed by atoms with E-state index in [1.165, 1.54) is 12.1 Å². The highest BCUT2D eigenvalue weighted by molar-refractivity contribution is 5.53. The zero-order valence-electron chi connectivity index (χ0n) is 18.1. The van der Waals surface area contributed by atoms with E-state index in [1.54, 1.807) is 0 Å². The van der Waals surface area contributed by atoms with Crippen LogP contribution in [0.25, 0.3) is 23.7 Å². The molecule has 3 aromatic rings. The molecule has 0 fully saturated rings. The normalized spacial score (nSPS) is 12.6. The number of fused-ring (bicyclic) bond motifs is 1. The van der Waals surface area contributed by atoms with Gasteiger partial charge in [0, 0.05) is 17.8 Å². The molecule has 0 aliphatic heterocycles. The Morgan fingerprint density at radius 2 is 1.91 bits per heavy atom. The molecular formula is C26H22F3N3O. The lowest BCUT2D eigenvalue weighted by Gasteiger charge is -2.09. The van der Waals surface area contributed by atoms with Gasteiger partial charge in [-0.05, 0) is 61.9 Å². The van der Waals surface area contributed by atoms with Crippen LogP contribution in [0.3, 0.4) is 0 Å². The number of alkyl halides is 3. The Morgan fingerprint density at radius 1 is 1.06 bits per heavy atom. The minimum absolute atomic E-state index is 0.197. The molecule has 0 radical (unpaired) electrons. The molecule has 0 saturated carbocycles. The number of benzene rings is 1. The molecule has 0 N–H and O–H groups in total. The monoisotopic (exact) mass is 449 g/mol. The van der Waals surface area contributed by atoms with Gasteiger partial charge in [0.1, 0.15) is 17.1 Å². The van der Waals surface area contributed by atoms with Crippen LogP contribution in [0.5, 0.6) is 5.75 Å². The largest absolute Gasteiger partial charge is 0.494 e. The predicted octanol–water partition coefficient (Wildman–Crippen LogP) is 4.43. The maximum absolute atomic E-state index is 12.8. The van der Waals surface area contributed by atoms with Crippen LogP contribution in [-0.2, 0) is 6.18 Å². The summed E-state index contributed by atoms with van der Waals surface area (Å²) in [5.41, 5.74) is 1.55. The smallest absolute Gasteiger partial charge is 0.416 e. The Hall–Kier alpha value is -3.66. The fourth-order valence-electron chi connectivity index (χ4n) is 3.35. The molecule has 0 spiro atoms. The molecule has 168 valence electrons. The van der Waals surface area contributed by atoms with E-state index in [2.05, 4.69) is 38.9 Å². The molecule has 1 aliphatic rings. The predicted molar refractivity (Wildman–Crippen MR) is 120 cm³/mol. The van der Waals surface area contributed by atoms with Gasteiger partial charge in [0.2, 0.25) is 0 Å². The van der Waals surface area contributed by atoms with Crippen molar-refractivity contribution in [2.75, 3.05) is 6.61 Å². The average Bonchev–Trinajstić information content (AvgIpc) is 2.81. The molecule has 1 aromatic carbocycles. The van der Waals surface area contributed by atoms with Gasteiger partial charge in [-0.15, -0.1) is 0 Å². The number of pyridine rings is 1. The van der Waals surface area contributed by atoms with E-state index in [-0.39, 0.29) is 12.4 Å². The highest BCUT2D eigenvalue weighted by Gasteiger charge is 2.30. The summed E-state index contributed by atoms with van der Waals surface area (Å²) in [5, 5.41) is 1.98. The number of aromatic nitrogens is 3. The topological polar surface area (TPSA) is 47.9 Å². The minimum atomic E-state index is -4.38. The molecular weight excluding hydrogens is 427 g/mol. The van der Waals surface area contributed by atoms with E-state index in [1.807, 2.05) is 25.3 Å².